The topological polar surface area (TPSA) is 67.6 Å². The zero-order valence-electron chi connectivity index (χ0n) is 12.1. The van der Waals surface area contributed by atoms with E-state index >= 15 is 0 Å². The average molecular weight is 302 g/mol. The lowest BCUT2D eigenvalue weighted by molar-refractivity contribution is -0.121. The molecule has 0 aliphatic rings. The predicted octanol–water partition coefficient (Wildman–Crippen LogP) is 1.01. The number of carbonyl (C=O) groups is 1. The largest absolute Gasteiger partial charge is 0.492 e. The van der Waals surface area contributed by atoms with Crippen LogP contribution in [0.25, 0.3) is 0 Å². The fourth-order valence-corrected chi connectivity index (χ4v) is 1.54. The molecule has 0 atom stereocenters. The Bertz CT molecular complexity index is 400. The number of hydrogen-bond acceptors (Lipinski definition) is 4. The van der Waals surface area contributed by atoms with Gasteiger partial charge in [-0.2, -0.15) is 0 Å². The van der Waals surface area contributed by atoms with E-state index in [0.717, 1.165) is 17.9 Å². The number of halogens is 1. The summed E-state index contributed by atoms with van der Waals surface area (Å²) >= 11 is 0. The zero-order valence-corrected chi connectivity index (χ0v) is 12.9. The number of likely N-dealkylation sites (N-methyl/N-ethyl adjacent to an activating group) is 1. The van der Waals surface area contributed by atoms with Gasteiger partial charge in [0.05, 0.1) is 0 Å². The van der Waals surface area contributed by atoms with Crippen molar-refractivity contribution in [2.45, 2.75) is 13.0 Å². The Balaban J connectivity index is 0.00000361. The van der Waals surface area contributed by atoms with Crippen LogP contribution in [-0.4, -0.2) is 44.6 Å². The summed E-state index contributed by atoms with van der Waals surface area (Å²) in [5.41, 5.74) is 6.31. The van der Waals surface area contributed by atoms with Gasteiger partial charge in [0, 0.05) is 31.6 Å². The van der Waals surface area contributed by atoms with Crippen LogP contribution in [0.2, 0.25) is 0 Å². The van der Waals surface area contributed by atoms with E-state index in [1.807, 2.05) is 38.4 Å². The summed E-state index contributed by atoms with van der Waals surface area (Å²) in [5, 5.41) is 2.83. The first kappa shape index (κ1) is 18.7. The van der Waals surface area contributed by atoms with Crippen LogP contribution in [0.3, 0.4) is 0 Å². The highest BCUT2D eigenvalue weighted by atomic mass is 35.5. The number of para-hydroxylation sites is 1. The molecule has 5 nitrogen and oxygen atoms in total. The molecule has 0 aliphatic carbocycles. The van der Waals surface area contributed by atoms with Crippen LogP contribution in [0, 0.1) is 0 Å². The molecule has 0 saturated heterocycles. The number of ether oxygens (including phenoxy) is 1. The van der Waals surface area contributed by atoms with Crippen molar-refractivity contribution in [2.24, 2.45) is 5.73 Å². The van der Waals surface area contributed by atoms with Gasteiger partial charge in [0.25, 0.3) is 0 Å². The number of hydrogen-bond donors (Lipinski definition) is 2. The van der Waals surface area contributed by atoms with Crippen LogP contribution in [0.15, 0.2) is 24.3 Å². The second-order valence-corrected chi connectivity index (χ2v) is 4.57. The minimum atomic E-state index is -0.0365. The van der Waals surface area contributed by atoms with Crippen molar-refractivity contribution in [1.29, 1.82) is 0 Å². The van der Waals surface area contributed by atoms with E-state index in [0.29, 0.717) is 26.1 Å². The van der Waals surface area contributed by atoms with Crippen LogP contribution in [0.1, 0.15) is 12.0 Å². The molecule has 0 aliphatic heterocycles. The van der Waals surface area contributed by atoms with Crippen LogP contribution in [0.5, 0.6) is 5.75 Å². The third-order valence-electron chi connectivity index (χ3n) is 2.62. The summed E-state index contributed by atoms with van der Waals surface area (Å²) < 4.78 is 5.72. The van der Waals surface area contributed by atoms with Gasteiger partial charge in [0.2, 0.25) is 5.91 Å². The highest BCUT2D eigenvalue weighted by Gasteiger charge is 2.05. The number of rotatable bonds is 8. The van der Waals surface area contributed by atoms with Crippen molar-refractivity contribution >= 4 is 18.3 Å². The molecule has 0 radical (unpaired) electrons. The Hall–Kier alpha value is -1.30. The molecule has 0 heterocycles. The lowest BCUT2D eigenvalue weighted by atomic mass is 10.2. The molecular formula is C14H24ClN3O2. The smallest absolute Gasteiger partial charge is 0.221 e. The third kappa shape index (κ3) is 7.33. The Kier molecular flexibility index (Phi) is 9.80. The van der Waals surface area contributed by atoms with E-state index in [1.165, 1.54) is 0 Å². The second kappa shape index (κ2) is 10.5. The molecule has 1 aromatic rings. The fraction of sp³-hybridized carbons (Fsp3) is 0.500. The number of carbonyl (C=O) groups excluding carboxylic acids is 1. The van der Waals surface area contributed by atoms with Crippen LogP contribution in [0.4, 0.5) is 0 Å². The van der Waals surface area contributed by atoms with E-state index in [2.05, 4.69) is 10.2 Å². The molecule has 6 heteroatoms. The molecule has 0 fully saturated rings. The number of benzene rings is 1. The summed E-state index contributed by atoms with van der Waals surface area (Å²) in [7, 11) is 4.00. The highest BCUT2D eigenvalue weighted by Crippen LogP contribution is 2.17. The second-order valence-electron chi connectivity index (χ2n) is 4.57. The van der Waals surface area contributed by atoms with Crippen molar-refractivity contribution in [3.63, 3.8) is 0 Å². The number of nitrogens with zero attached hydrogens (tertiary/aromatic N) is 1. The Labute approximate surface area is 126 Å². The summed E-state index contributed by atoms with van der Waals surface area (Å²) in [6.45, 7) is 2.32. The molecule has 0 saturated carbocycles. The molecule has 20 heavy (non-hydrogen) atoms. The first-order chi connectivity index (χ1) is 9.13. The normalized spacial score (nSPS) is 10.0. The van der Waals surface area contributed by atoms with E-state index in [9.17, 15) is 4.79 Å². The first-order valence-electron chi connectivity index (χ1n) is 6.45. The molecule has 0 unspecified atom stereocenters. The van der Waals surface area contributed by atoms with Gasteiger partial charge in [0.15, 0.2) is 0 Å². The number of nitrogens with one attached hydrogen (secondary N) is 1. The van der Waals surface area contributed by atoms with E-state index in [4.69, 9.17) is 10.5 Å². The van der Waals surface area contributed by atoms with E-state index in [-0.39, 0.29) is 18.3 Å². The van der Waals surface area contributed by atoms with Crippen molar-refractivity contribution < 1.29 is 9.53 Å². The molecule has 0 bridgehead atoms. The molecular weight excluding hydrogens is 278 g/mol. The summed E-state index contributed by atoms with van der Waals surface area (Å²) in [6.07, 6.45) is 0.351. The van der Waals surface area contributed by atoms with Crippen LogP contribution in [-0.2, 0) is 11.3 Å². The Morgan fingerprint density at radius 1 is 1.35 bits per heavy atom. The van der Waals surface area contributed by atoms with Gasteiger partial charge in [0.1, 0.15) is 12.4 Å². The maximum atomic E-state index is 11.4. The minimum absolute atomic E-state index is 0. The van der Waals surface area contributed by atoms with Crippen molar-refractivity contribution in [3.05, 3.63) is 29.8 Å². The van der Waals surface area contributed by atoms with Crippen LogP contribution >= 0.6 is 12.4 Å². The standard InChI is InChI=1S/C14H23N3O2.ClH/c1-17(2)9-10-19-13-6-4-3-5-12(13)11-16-14(18)7-8-15;/h3-6H,7-11,15H2,1-2H3,(H,16,18);1H. The summed E-state index contributed by atoms with van der Waals surface area (Å²) in [5.74, 6) is 0.781. The Morgan fingerprint density at radius 2 is 2.05 bits per heavy atom. The maximum Gasteiger partial charge on any atom is 0.221 e. The predicted molar refractivity (Wildman–Crippen MR) is 83.3 cm³/mol. The Morgan fingerprint density at radius 3 is 2.70 bits per heavy atom. The first-order valence-corrected chi connectivity index (χ1v) is 6.45. The van der Waals surface area contributed by atoms with Gasteiger partial charge >= 0.3 is 0 Å². The zero-order chi connectivity index (χ0) is 14.1. The van der Waals surface area contributed by atoms with Gasteiger partial charge in [-0.3, -0.25) is 4.79 Å². The highest BCUT2D eigenvalue weighted by molar-refractivity contribution is 5.85. The molecule has 114 valence electrons. The summed E-state index contributed by atoms with van der Waals surface area (Å²) in [4.78, 5) is 13.5. The molecule has 1 rings (SSSR count). The van der Waals surface area contributed by atoms with Gasteiger partial charge in [-0.25, -0.2) is 0 Å². The van der Waals surface area contributed by atoms with Gasteiger partial charge in [-0.1, -0.05) is 18.2 Å². The van der Waals surface area contributed by atoms with Gasteiger partial charge < -0.3 is 20.7 Å². The third-order valence-corrected chi connectivity index (χ3v) is 2.62. The lowest BCUT2D eigenvalue weighted by Gasteiger charge is -2.14. The van der Waals surface area contributed by atoms with E-state index < -0.39 is 0 Å². The SMILES string of the molecule is CN(C)CCOc1ccccc1CNC(=O)CCN.Cl. The van der Waals surface area contributed by atoms with Gasteiger partial charge in [-0.05, 0) is 20.2 Å². The minimum Gasteiger partial charge on any atom is -0.492 e. The maximum absolute atomic E-state index is 11.4. The number of amides is 1. The number of nitrogens with two attached hydrogens (primary N) is 1. The molecule has 0 aromatic heterocycles. The lowest BCUT2D eigenvalue weighted by Crippen LogP contribution is -2.25. The monoisotopic (exact) mass is 301 g/mol. The fourth-order valence-electron chi connectivity index (χ4n) is 1.54. The molecule has 3 N–H and O–H groups in total. The van der Waals surface area contributed by atoms with Crippen LogP contribution < -0.4 is 15.8 Å². The summed E-state index contributed by atoms with van der Waals surface area (Å²) in [6, 6.07) is 7.73. The van der Waals surface area contributed by atoms with Crippen molar-refractivity contribution in [1.82, 2.24) is 10.2 Å². The molecule has 1 aromatic carbocycles. The average Bonchev–Trinajstić information content (AvgIpc) is 2.37. The quantitative estimate of drug-likeness (QED) is 0.752. The van der Waals surface area contributed by atoms with Crippen molar-refractivity contribution in [3.8, 4) is 5.75 Å². The van der Waals surface area contributed by atoms with E-state index in [1.54, 1.807) is 0 Å². The molecule has 1 amide bonds. The molecule has 0 spiro atoms. The van der Waals surface area contributed by atoms with Gasteiger partial charge in [-0.15, -0.1) is 12.4 Å². The van der Waals surface area contributed by atoms with Crippen molar-refractivity contribution in [2.75, 3.05) is 33.8 Å².